The van der Waals surface area contributed by atoms with E-state index in [-0.39, 0.29) is 34.1 Å². The Bertz CT molecular complexity index is 910. The number of nitrogens with zero attached hydrogens (tertiary/aromatic N) is 2. The Labute approximate surface area is 160 Å². The van der Waals surface area contributed by atoms with E-state index >= 15 is 0 Å². The third kappa shape index (κ3) is 6.24. The fourth-order valence-electron chi connectivity index (χ4n) is 2.45. The zero-order chi connectivity index (χ0) is 20.2. The molecule has 27 heavy (non-hydrogen) atoms. The molecule has 0 fully saturated rings. The molecule has 0 unspecified atom stereocenters. The van der Waals surface area contributed by atoms with Crippen LogP contribution in [0.2, 0.25) is 0 Å². The lowest BCUT2D eigenvalue weighted by atomic mass is 10.1. The first-order valence-corrected chi connectivity index (χ1v) is 10.7. The van der Waals surface area contributed by atoms with Gasteiger partial charge in [-0.1, -0.05) is 0 Å². The number of amides is 1. The lowest BCUT2D eigenvalue weighted by Crippen LogP contribution is -2.14. The molecule has 2 rings (SSSR count). The van der Waals surface area contributed by atoms with E-state index in [4.69, 9.17) is 0 Å². The molecule has 6 nitrogen and oxygen atoms in total. The van der Waals surface area contributed by atoms with Crippen molar-refractivity contribution in [2.45, 2.75) is 42.5 Å². The van der Waals surface area contributed by atoms with Crippen LogP contribution in [-0.2, 0) is 21.1 Å². The summed E-state index contributed by atoms with van der Waals surface area (Å²) in [5, 5.41) is 2.70. The van der Waals surface area contributed by atoms with E-state index in [9.17, 15) is 22.0 Å². The summed E-state index contributed by atoms with van der Waals surface area (Å²) in [6.45, 7) is 3.39. The zero-order valence-electron chi connectivity index (χ0n) is 15.0. The molecule has 0 saturated heterocycles. The first-order valence-electron chi connectivity index (χ1n) is 7.95. The maximum atomic E-state index is 12.4. The highest BCUT2D eigenvalue weighted by Crippen LogP contribution is 2.24. The predicted molar refractivity (Wildman–Crippen MR) is 99.9 cm³/mol. The van der Waals surface area contributed by atoms with Crippen molar-refractivity contribution in [2.24, 2.45) is 0 Å². The summed E-state index contributed by atoms with van der Waals surface area (Å²) in [6.07, 6.45) is 1.63. The van der Waals surface area contributed by atoms with Gasteiger partial charge in [0.1, 0.15) is 0 Å². The summed E-state index contributed by atoms with van der Waals surface area (Å²) in [7, 11) is -3.29. The molecular weight excluding hydrogens is 396 g/mol. The van der Waals surface area contributed by atoms with Gasteiger partial charge < -0.3 is 5.32 Å². The number of hydrogen-bond acceptors (Lipinski definition) is 6. The molecule has 1 aromatic carbocycles. The van der Waals surface area contributed by atoms with Crippen molar-refractivity contribution in [2.75, 3.05) is 11.6 Å². The molecule has 0 aliphatic heterocycles. The van der Waals surface area contributed by atoms with Gasteiger partial charge >= 0.3 is 0 Å². The normalized spacial score (nSPS) is 11.6. The van der Waals surface area contributed by atoms with Crippen LogP contribution < -0.4 is 5.32 Å². The molecule has 2 aromatic rings. The van der Waals surface area contributed by atoms with Crippen molar-refractivity contribution in [1.29, 1.82) is 0 Å². The van der Waals surface area contributed by atoms with Gasteiger partial charge in [-0.25, -0.2) is 18.4 Å². The van der Waals surface area contributed by atoms with Gasteiger partial charge in [0.2, 0.25) is 5.91 Å². The molecule has 0 atom stereocenters. The molecule has 0 radical (unpaired) electrons. The number of halogens is 2. The highest BCUT2D eigenvalue weighted by Gasteiger charge is 2.14. The number of carbonyl (C=O) groups excluding carboxylic acids is 1. The number of benzene rings is 1. The Morgan fingerprint density at radius 2 is 1.70 bits per heavy atom. The molecule has 0 saturated carbocycles. The summed E-state index contributed by atoms with van der Waals surface area (Å²) >= 11 is 0.287. The maximum Gasteiger partial charge on any atom is 0.291 e. The summed E-state index contributed by atoms with van der Waals surface area (Å²) < 4.78 is 47.7. The summed E-state index contributed by atoms with van der Waals surface area (Å²) in [6, 6.07) is 5.88. The second-order valence-corrected chi connectivity index (χ2v) is 8.85. The smallest absolute Gasteiger partial charge is 0.291 e. The van der Waals surface area contributed by atoms with E-state index in [1.807, 2.05) is 0 Å². The minimum atomic E-state index is -3.29. The minimum absolute atomic E-state index is 0.0131. The topological polar surface area (TPSA) is 89.0 Å². The molecule has 10 heteroatoms. The second kappa shape index (κ2) is 8.75. The number of aromatic nitrogens is 2. The fourth-order valence-corrected chi connectivity index (χ4v) is 3.62. The first-order chi connectivity index (χ1) is 12.6. The SMILES string of the molecule is Cc1nc(SC(F)F)nc(C)c1CCC(=O)Nc1ccc(S(C)(=O)=O)cc1. The molecule has 146 valence electrons. The molecule has 0 bridgehead atoms. The van der Waals surface area contributed by atoms with Crippen molar-refractivity contribution >= 4 is 33.2 Å². The van der Waals surface area contributed by atoms with Gasteiger partial charge in [-0.2, -0.15) is 8.78 Å². The van der Waals surface area contributed by atoms with Crippen molar-refractivity contribution in [3.8, 4) is 0 Å². The van der Waals surface area contributed by atoms with Crippen LogP contribution in [0.3, 0.4) is 0 Å². The van der Waals surface area contributed by atoms with Crippen LogP contribution in [0.25, 0.3) is 0 Å². The standard InChI is InChI=1S/C17H19F2N3O3S2/c1-10-14(11(2)21-17(20-10)26-16(18)19)8-9-15(23)22-12-4-6-13(7-5-12)27(3,24)25/h4-7,16H,8-9H2,1-3H3,(H,22,23). The Balaban J connectivity index is 1.99. The Morgan fingerprint density at radius 1 is 1.15 bits per heavy atom. The first kappa shape index (κ1) is 21.2. The minimum Gasteiger partial charge on any atom is -0.326 e. The van der Waals surface area contributed by atoms with E-state index in [0.717, 1.165) is 11.8 Å². The third-order valence-electron chi connectivity index (χ3n) is 3.76. The van der Waals surface area contributed by atoms with Crippen LogP contribution in [0, 0.1) is 13.8 Å². The summed E-state index contributed by atoms with van der Waals surface area (Å²) in [5.74, 6) is -2.85. The van der Waals surface area contributed by atoms with Crippen molar-refractivity contribution < 1.29 is 22.0 Å². The number of sulfone groups is 1. The van der Waals surface area contributed by atoms with Crippen molar-refractivity contribution in [1.82, 2.24) is 9.97 Å². The number of rotatable bonds is 7. The zero-order valence-corrected chi connectivity index (χ0v) is 16.6. The lowest BCUT2D eigenvalue weighted by Gasteiger charge is -2.11. The molecular formula is C17H19F2N3O3S2. The number of alkyl halides is 2. The van der Waals surface area contributed by atoms with Gasteiger partial charge in [-0.15, -0.1) is 0 Å². The van der Waals surface area contributed by atoms with Gasteiger partial charge in [-0.05, 0) is 61.9 Å². The van der Waals surface area contributed by atoms with Crippen LogP contribution in [-0.4, -0.2) is 36.3 Å². The van der Waals surface area contributed by atoms with Gasteiger partial charge in [0.25, 0.3) is 5.76 Å². The average Bonchev–Trinajstić information content (AvgIpc) is 2.53. The van der Waals surface area contributed by atoms with Crippen molar-refractivity contribution in [3.63, 3.8) is 0 Å². The number of aryl methyl sites for hydroxylation is 2. The van der Waals surface area contributed by atoms with E-state index in [0.29, 0.717) is 23.5 Å². The van der Waals surface area contributed by atoms with Crippen LogP contribution in [0.15, 0.2) is 34.3 Å². The summed E-state index contributed by atoms with van der Waals surface area (Å²) in [4.78, 5) is 20.4. The molecule has 1 aromatic heterocycles. The van der Waals surface area contributed by atoms with Crippen LogP contribution in [0.1, 0.15) is 23.4 Å². The van der Waals surface area contributed by atoms with E-state index in [1.54, 1.807) is 13.8 Å². The Hall–Kier alpha value is -2.07. The average molecular weight is 415 g/mol. The Kier molecular flexibility index (Phi) is 6.88. The molecule has 1 heterocycles. The van der Waals surface area contributed by atoms with E-state index in [2.05, 4.69) is 15.3 Å². The highest BCUT2D eigenvalue weighted by molar-refractivity contribution is 7.99. The second-order valence-electron chi connectivity index (χ2n) is 5.88. The Morgan fingerprint density at radius 3 is 2.19 bits per heavy atom. The van der Waals surface area contributed by atoms with Crippen molar-refractivity contribution in [3.05, 3.63) is 41.2 Å². The van der Waals surface area contributed by atoms with Crippen LogP contribution >= 0.6 is 11.8 Å². The maximum absolute atomic E-state index is 12.4. The van der Waals surface area contributed by atoms with Gasteiger partial charge in [0.15, 0.2) is 15.0 Å². The fraction of sp³-hybridized carbons (Fsp3) is 0.353. The predicted octanol–water partition coefficient (Wildman–Crippen LogP) is 3.38. The molecule has 0 aliphatic carbocycles. The molecule has 0 aliphatic rings. The van der Waals surface area contributed by atoms with Gasteiger partial charge in [0.05, 0.1) is 4.90 Å². The number of hydrogen-bond donors (Lipinski definition) is 1. The van der Waals surface area contributed by atoms with Crippen LogP contribution in [0.4, 0.5) is 14.5 Å². The molecule has 1 N–H and O–H groups in total. The van der Waals surface area contributed by atoms with Crippen LogP contribution in [0.5, 0.6) is 0 Å². The lowest BCUT2D eigenvalue weighted by molar-refractivity contribution is -0.116. The summed E-state index contributed by atoms with van der Waals surface area (Å²) in [5.41, 5.74) is 2.36. The monoisotopic (exact) mass is 415 g/mol. The molecule has 0 spiro atoms. The number of carbonyl (C=O) groups is 1. The highest BCUT2D eigenvalue weighted by atomic mass is 32.2. The van der Waals surface area contributed by atoms with Gasteiger partial charge in [-0.3, -0.25) is 4.79 Å². The van der Waals surface area contributed by atoms with Gasteiger partial charge in [0, 0.05) is 29.8 Å². The number of thioether (sulfide) groups is 1. The van der Waals surface area contributed by atoms with E-state index in [1.165, 1.54) is 24.3 Å². The number of nitrogens with one attached hydrogen (secondary N) is 1. The quantitative estimate of drug-likeness (QED) is 0.551. The van der Waals surface area contributed by atoms with E-state index < -0.39 is 15.6 Å². The molecule has 1 amide bonds. The number of anilines is 1. The largest absolute Gasteiger partial charge is 0.326 e. The third-order valence-corrected chi connectivity index (χ3v) is 5.46.